The van der Waals surface area contributed by atoms with E-state index in [4.69, 9.17) is 0 Å². The Balaban J connectivity index is 1.48. The van der Waals surface area contributed by atoms with E-state index in [-0.39, 0.29) is 18.2 Å². The van der Waals surface area contributed by atoms with E-state index in [2.05, 4.69) is 5.32 Å². The van der Waals surface area contributed by atoms with Crippen LogP contribution in [0.25, 0.3) is 0 Å². The summed E-state index contributed by atoms with van der Waals surface area (Å²) >= 11 is 0. The number of hydrogen-bond acceptors (Lipinski definition) is 3. The molecule has 1 aromatic carbocycles. The second-order valence-electron chi connectivity index (χ2n) is 7.43. The lowest BCUT2D eigenvalue weighted by molar-refractivity contribution is -0.126. The zero-order chi connectivity index (χ0) is 17.7. The molecule has 5 heteroatoms. The number of nitrogens with zero attached hydrogens (tertiary/aromatic N) is 1. The normalized spacial score (nSPS) is 19.6. The third-order valence-corrected chi connectivity index (χ3v) is 5.36. The van der Waals surface area contributed by atoms with Crippen molar-refractivity contribution in [3.63, 3.8) is 0 Å². The first kappa shape index (κ1) is 17.9. The van der Waals surface area contributed by atoms with Crippen LogP contribution in [0.2, 0.25) is 0 Å². The second kappa shape index (κ2) is 8.00. The van der Waals surface area contributed by atoms with Gasteiger partial charge in [-0.05, 0) is 49.8 Å². The van der Waals surface area contributed by atoms with Crippen molar-refractivity contribution in [3.8, 4) is 0 Å². The van der Waals surface area contributed by atoms with Gasteiger partial charge in [-0.25, -0.2) is 0 Å². The molecule has 1 aliphatic heterocycles. The maximum atomic E-state index is 12.4. The molecular weight excluding hydrogens is 316 g/mol. The van der Waals surface area contributed by atoms with Gasteiger partial charge < -0.3 is 15.3 Å². The first-order valence-electron chi connectivity index (χ1n) is 9.43. The van der Waals surface area contributed by atoms with E-state index in [1.165, 1.54) is 6.42 Å². The maximum absolute atomic E-state index is 12.4. The lowest BCUT2D eigenvalue weighted by atomic mass is 9.97. The average Bonchev–Trinajstić information content (AvgIpc) is 3.06. The Bertz CT molecular complexity index is 600. The van der Waals surface area contributed by atoms with Gasteiger partial charge >= 0.3 is 0 Å². The van der Waals surface area contributed by atoms with Crippen LogP contribution in [-0.4, -0.2) is 40.5 Å². The molecule has 5 nitrogen and oxygen atoms in total. The Morgan fingerprint density at radius 2 is 1.64 bits per heavy atom. The molecular formula is C20H28N2O3. The van der Waals surface area contributed by atoms with Crippen LogP contribution in [0.4, 0.5) is 0 Å². The van der Waals surface area contributed by atoms with E-state index in [9.17, 15) is 14.7 Å². The highest BCUT2D eigenvalue weighted by atomic mass is 16.3. The van der Waals surface area contributed by atoms with E-state index in [1.807, 2.05) is 29.2 Å². The van der Waals surface area contributed by atoms with Crippen LogP contribution in [0.5, 0.6) is 0 Å². The van der Waals surface area contributed by atoms with Gasteiger partial charge in [-0.15, -0.1) is 0 Å². The van der Waals surface area contributed by atoms with Crippen LogP contribution in [0.15, 0.2) is 24.3 Å². The van der Waals surface area contributed by atoms with Crippen LogP contribution in [0.3, 0.4) is 0 Å². The van der Waals surface area contributed by atoms with Gasteiger partial charge in [0, 0.05) is 25.2 Å². The molecule has 2 fully saturated rings. The van der Waals surface area contributed by atoms with Crippen LogP contribution < -0.4 is 5.32 Å². The molecule has 136 valence electrons. The summed E-state index contributed by atoms with van der Waals surface area (Å²) in [5.74, 6) is -0.0170. The molecule has 1 aliphatic carbocycles. The zero-order valence-corrected chi connectivity index (χ0v) is 14.8. The molecule has 3 rings (SSSR count). The Labute approximate surface area is 149 Å². The Hall–Kier alpha value is -1.88. The van der Waals surface area contributed by atoms with E-state index >= 15 is 0 Å². The van der Waals surface area contributed by atoms with Gasteiger partial charge in [0.2, 0.25) is 5.91 Å². The van der Waals surface area contributed by atoms with Crippen molar-refractivity contribution < 1.29 is 14.7 Å². The molecule has 2 aliphatic rings. The number of likely N-dealkylation sites (tertiary alicyclic amines) is 1. The van der Waals surface area contributed by atoms with Gasteiger partial charge in [0.15, 0.2) is 0 Å². The largest absolute Gasteiger partial charge is 0.389 e. The van der Waals surface area contributed by atoms with Gasteiger partial charge in [0.1, 0.15) is 0 Å². The van der Waals surface area contributed by atoms with Gasteiger partial charge in [0.05, 0.1) is 12.0 Å². The highest BCUT2D eigenvalue weighted by molar-refractivity contribution is 5.94. The minimum Gasteiger partial charge on any atom is -0.389 e. The van der Waals surface area contributed by atoms with Crippen molar-refractivity contribution in [2.45, 2.75) is 63.5 Å². The van der Waals surface area contributed by atoms with Gasteiger partial charge in [-0.2, -0.15) is 0 Å². The predicted octanol–water partition coefficient (Wildman–Crippen LogP) is 2.62. The van der Waals surface area contributed by atoms with Gasteiger partial charge in [0.25, 0.3) is 5.91 Å². The number of amides is 2. The number of carbonyl (C=O) groups excluding carboxylic acids is 2. The lowest BCUT2D eigenvalue weighted by Gasteiger charge is -2.26. The van der Waals surface area contributed by atoms with Crippen molar-refractivity contribution in [1.29, 1.82) is 0 Å². The summed E-state index contributed by atoms with van der Waals surface area (Å²) in [5.41, 5.74) is 0.855. The topological polar surface area (TPSA) is 69.6 Å². The average molecular weight is 344 g/mol. The summed E-state index contributed by atoms with van der Waals surface area (Å²) in [6, 6.07) is 7.45. The molecule has 0 bridgehead atoms. The summed E-state index contributed by atoms with van der Waals surface area (Å²) in [7, 11) is 0. The number of nitrogens with one attached hydrogen (secondary N) is 1. The van der Waals surface area contributed by atoms with Gasteiger partial charge in [-0.3, -0.25) is 9.59 Å². The molecule has 1 heterocycles. The van der Waals surface area contributed by atoms with Crippen LogP contribution >= 0.6 is 0 Å². The fourth-order valence-electron chi connectivity index (χ4n) is 3.82. The van der Waals surface area contributed by atoms with E-state index < -0.39 is 5.60 Å². The first-order chi connectivity index (χ1) is 12.1. The summed E-state index contributed by atoms with van der Waals surface area (Å²) in [4.78, 5) is 26.4. The standard InChI is InChI=1S/C20H28N2O3/c23-18(14-20(25)10-2-3-11-20)21-15-16-6-8-17(9-7-16)19(24)22-12-4-1-5-13-22/h6-9,25H,1-5,10-15H2,(H,21,23). The van der Waals surface area contributed by atoms with Crippen molar-refractivity contribution in [1.82, 2.24) is 10.2 Å². The number of rotatable bonds is 5. The summed E-state index contributed by atoms with van der Waals surface area (Å²) in [6.45, 7) is 2.12. The molecule has 0 unspecified atom stereocenters. The number of piperidine rings is 1. The highest BCUT2D eigenvalue weighted by Gasteiger charge is 2.33. The van der Waals surface area contributed by atoms with Crippen molar-refractivity contribution in [3.05, 3.63) is 35.4 Å². The molecule has 2 N–H and O–H groups in total. The first-order valence-corrected chi connectivity index (χ1v) is 9.43. The molecule has 25 heavy (non-hydrogen) atoms. The quantitative estimate of drug-likeness (QED) is 0.863. The summed E-state index contributed by atoms with van der Waals surface area (Å²) in [6.07, 6.45) is 6.98. The molecule has 1 saturated carbocycles. The number of hydrogen-bond donors (Lipinski definition) is 2. The fraction of sp³-hybridized carbons (Fsp3) is 0.600. The van der Waals surface area contributed by atoms with E-state index in [0.29, 0.717) is 24.9 Å². The monoisotopic (exact) mass is 344 g/mol. The Kier molecular flexibility index (Phi) is 5.74. The molecule has 1 saturated heterocycles. The van der Waals surface area contributed by atoms with Crippen LogP contribution in [-0.2, 0) is 11.3 Å². The van der Waals surface area contributed by atoms with Crippen molar-refractivity contribution >= 4 is 11.8 Å². The summed E-state index contributed by atoms with van der Waals surface area (Å²) < 4.78 is 0. The summed E-state index contributed by atoms with van der Waals surface area (Å²) in [5, 5.41) is 13.1. The molecule has 0 aromatic heterocycles. The molecule has 1 aromatic rings. The van der Waals surface area contributed by atoms with E-state index in [1.54, 1.807) is 0 Å². The molecule has 0 radical (unpaired) electrons. The number of aliphatic hydroxyl groups is 1. The molecule has 2 amide bonds. The fourth-order valence-corrected chi connectivity index (χ4v) is 3.82. The van der Waals surface area contributed by atoms with E-state index in [0.717, 1.165) is 44.3 Å². The van der Waals surface area contributed by atoms with Crippen LogP contribution in [0, 0.1) is 0 Å². The smallest absolute Gasteiger partial charge is 0.253 e. The minimum absolute atomic E-state index is 0.0961. The van der Waals surface area contributed by atoms with Crippen molar-refractivity contribution in [2.75, 3.05) is 13.1 Å². The number of benzene rings is 1. The lowest BCUT2D eigenvalue weighted by Crippen LogP contribution is -2.35. The zero-order valence-electron chi connectivity index (χ0n) is 14.8. The third-order valence-electron chi connectivity index (χ3n) is 5.36. The predicted molar refractivity (Wildman–Crippen MR) is 96.1 cm³/mol. The van der Waals surface area contributed by atoms with Gasteiger partial charge in [-0.1, -0.05) is 25.0 Å². The van der Waals surface area contributed by atoms with Crippen LogP contribution in [0.1, 0.15) is 67.3 Å². The molecule has 0 spiro atoms. The third kappa shape index (κ3) is 4.82. The Morgan fingerprint density at radius 3 is 2.28 bits per heavy atom. The SMILES string of the molecule is O=C(CC1(O)CCCC1)NCc1ccc(C(=O)N2CCCCC2)cc1. The second-order valence-corrected chi connectivity index (χ2v) is 7.43. The number of carbonyl (C=O) groups is 2. The minimum atomic E-state index is -0.811. The Morgan fingerprint density at radius 1 is 1.00 bits per heavy atom. The highest BCUT2D eigenvalue weighted by Crippen LogP contribution is 2.32. The van der Waals surface area contributed by atoms with Crippen molar-refractivity contribution in [2.24, 2.45) is 0 Å². The maximum Gasteiger partial charge on any atom is 0.253 e. The molecule has 0 atom stereocenters.